The van der Waals surface area contributed by atoms with Gasteiger partial charge in [0.2, 0.25) is 0 Å². The van der Waals surface area contributed by atoms with Crippen LogP contribution < -0.4 is 16.4 Å². The molecule has 31 heavy (non-hydrogen) atoms. The number of nitro groups is 1. The summed E-state index contributed by atoms with van der Waals surface area (Å²) in [5.74, 6) is -0.190. The van der Waals surface area contributed by atoms with Gasteiger partial charge in [-0.3, -0.25) is 14.9 Å². The van der Waals surface area contributed by atoms with E-state index < -0.39 is 21.9 Å². The van der Waals surface area contributed by atoms with E-state index in [1.54, 1.807) is 42.5 Å². The molecule has 1 aromatic heterocycles. The van der Waals surface area contributed by atoms with E-state index in [-0.39, 0.29) is 23.5 Å². The van der Waals surface area contributed by atoms with Gasteiger partial charge in [-0.1, -0.05) is 24.3 Å². The molecule has 0 spiro atoms. The van der Waals surface area contributed by atoms with Crippen molar-refractivity contribution < 1.29 is 18.5 Å². The molecule has 0 aliphatic carbocycles. The summed E-state index contributed by atoms with van der Waals surface area (Å²) >= 11 is -1.92. The monoisotopic (exact) mass is 441 g/mol. The van der Waals surface area contributed by atoms with Gasteiger partial charge in [0.1, 0.15) is 5.82 Å². The number of rotatable bonds is 9. The third kappa shape index (κ3) is 6.07. The lowest BCUT2D eigenvalue weighted by molar-refractivity contribution is -0.384. The van der Waals surface area contributed by atoms with Crippen LogP contribution in [0.25, 0.3) is 0 Å². The van der Waals surface area contributed by atoms with Crippen LogP contribution in [-0.2, 0) is 23.4 Å². The van der Waals surface area contributed by atoms with Crippen molar-refractivity contribution >= 4 is 39.9 Å². The Hall–Kier alpha value is -3.83. The Morgan fingerprint density at radius 1 is 1.16 bits per heavy atom. The van der Waals surface area contributed by atoms with Crippen LogP contribution in [0.15, 0.2) is 60.8 Å². The zero-order chi connectivity index (χ0) is 22.4. The first-order chi connectivity index (χ1) is 14.8. The molecule has 1 heterocycles. The second-order valence-electron chi connectivity index (χ2n) is 6.55. The van der Waals surface area contributed by atoms with E-state index in [9.17, 15) is 19.1 Å². The molecule has 0 bridgehead atoms. The molecule has 5 N–H and O–H groups in total. The van der Waals surface area contributed by atoms with Crippen molar-refractivity contribution in [1.29, 1.82) is 0 Å². The van der Waals surface area contributed by atoms with Crippen molar-refractivity contribution in [2.45, 2.75) is 12.3 Å². The fourth-order valence-electron chi connectivity index (χ4n) is 2.82. The topological polar surface area (TPSA) is 160 Å². The van der Waals surface area contributed by atoms with Crippen LogP contribution >= 0.6 is 0 Å². The summed E-state index contributed by atoms with van der Waals surface area (Å²) in [5.41, 5.74) is 8.06. The summed E-state index contributed by atoms with van der Waals surface area (Å²) in [6.07, 6.45) is 1.34. The Labute approximate surface area is 179 Å². The predicted octanol–water partition coefficient (Wildman–Crippen LogP) is 3.17. The summed E-state index contributed by atoms with van der Waals surface area (Å²) in [7, 11) is 0. The van der Waals surface area contributed by atoms with Gasteiger partial charge < -0.3 is 20.9 Å². The number of anilines is 3. The van der Waals surface area contributed by atoms with Gasteiger partial charge in [0.25, 0.3) is 11.6 Å². The van der Waals surface area contributed by atoms with Crippen LogP contribution in [0.4, 0.5) is 22.9 Å². The summed E-state index contributed by atoms with van der Waals surface area (Å²) in [6.45, 7) is 0.235. The minimum atomic E-state index is -1.92. The molecule has 0 radical (unpaired) electrons. The molecule has 0 aliphatic rings. The molecule has 1 atom stereocenters. The van der Waals surface area contributed by atoms with Crippen LogP contribution in [0.3, 0.4) is 0 Å². The molecule has 0 fully saturated rings. The molecular weight excluding hydrogens is 422 g/mol. The first kappa shape index (κ1) is 21.9. The highest BCUT2D eigenvalue weighted by atomic mass is 32.2. The fourth-order valence-corrected chi connectivity index (χ4v) is 3.30. The minimum Gasteiger partial charge on any atom is -0.380 e. The number of hydrogen-bond acceptors (Lipinski definition) is 7. The number of nitro benzene ring substituents is 1. The summed E-state index contributed by atoms with van der Waals surface area (Å²) in [6, 6.07) is 14.7. The normalized spacial score (nSPS) is 11.5. The average molecular weight is 441 g/mol. The molecule has 160 valence electrons. The third-order valence-electron chi connectivity index (χ3n) is 4.29. The average Bonchev–Trinajstić information content (AvgIpc) is 2.73. The van der Waals surface area contributed by atoms with E-state index in [4.69, 9.17) is 10.3 Å². The van der Waals surface area contributed by atoms with Crippen LogP contribution in [0.2, 0.25) is 0 Å². The summed E-state index contributed by atoms with van der Waals surface area (Å²) in [4.78, 5) is 26.4. The lowest BCUT2D eigenvalue weighted by atomic mass is 10.1. The minimum absolute atomic E-state index is 0.0278. The van der Waals surface area contributed by atoms with E-state index in [0.29, 0.717) is 28.3 Å². The fraction of sp³-hybridized carbons (Fsp3) is 0.100. The highest BCUT2D eigenvalue weighted by Crippen LogP contribution is 2.23. The molecule has 0 aliphatic heterocycles. The van der Waals surface area contributed by atoms with E-state index in [2.05, 4.69) is 15.6 Å². The molecular formula is C20H19N5O5S. The SMILES string of the molecule is NC(=O)c1cnc(Nc2ccc(CS(=O)O)cc2)cc1NCc1cccc([N+](=O)[O-])c1. The largest absolute Gasteiger partial charge is 0.380 e. The number of nitrogens with two attached hydrogens (primary N) is 1. The lowest BCUT2D eigenvalue weighted by Gasteiger charge is -2.13. The summed E-state index contributed by atoms with van der Waals surface area (Å²) in [5, 5.41) is 17.1. The van der Waals surface area contributed by atoms with Gasteiger partial charge in [0.15, 0.2) is 11.1 Å². The van der Waals surface area contributed by atoms with Gasteiger partial charge in [-0.15, -0.1) is 0 Å². The number of aromatic nitrogens is 1. The predicted molar refractivity (Wildman–Crippen MR) is 117 cm³/mol. The van der Waals surface area contributed by atoms with E-state index in [0.717, 1.165) is 0 Å². The quantitative estimate of drug-likeness (QED) is 0.224. The molecule has 0 saturated carbocycles. The van der Waals surface area contributed by atoms with Gasteiger partial charge in [-0.05, 0) is 23.3 Å². The first-order valence-corrected chi connectivity index (χ1v) is 10.3. The van der Waals surface area contributed by atoms with Crippen LogP contribution in [-0.4, -0.2) is 24.6 Å². The Balaban J connectivity index is 1.77. The number of primary amides is 1. The number of carbonyl (C=O) groups excluding carboxylic acids is 1. The number of non-ortho nitro benzene ring substituents is 1. The molecule has 1 unspecified atom stereocenters. The number of hydrogen-bond donors (Lipinski definition) is 4. The van der Waals surface area contributed by atoms with E-state index >= 15 is 0 Å². The van der Waals surface area contributed by atoms with Crippen LogP contribution in [0.1, 0.15) is 21.5 Å². The number of nitrogens with zero attached hydrogens (tertiary/aromatic N) is 2. The van der Waals surface area contributed by atoms with Gasteiger partial charge >= 0.3 is 0 Å². The number of amides is 1. The lowest BCUT2D eigenvalue weighted by Crippen LogP contribution is -2.15. The first-order valence-electron chi connectivity index (χ1n) is 9.02. The van der Waals surface area contributed by atoms with Crippen molar-refractivity contribution in [3.8, 4) is 0 Å². The smallest absolute Gasteiger partial charge is 0.269 e. The van der Waals surface area contributed by atoms with Crippen molar-refractivity contribution in [3.63, 3.8) is 0 Å². The molecule has 3 rings (SSSR count). The van der Waals surface area contributed by atoms with Gasteiger partial charge in [0, 0.05) is 36.6 Å². The van der Waals surface area contributed by atoms with E-state index in [1.165, 1.54) is 18.3 Å². The Morgan fingerprint density at radius 2 is 1.90 bits per heavy atom. The highest BCUT2D eigenvalue weighted by Gasteiger charge is 2.12. The molecule has 3 aromatic rings. The van der Waals surface area contributed by atoms with Gasteiger partial charge in [-0.25, -0.2) is 9.19 Å². The zero-order valence-electron chi connectivity index (χ0n) is 16.1. The number of nitrogens with one attached hydrogen (secondary N) is 2. The summed E-state index contributed by atoms with van der Waals surface area (Å²) < 4.78 is 19.8. The second-order valence-corrected chi connectivity index (χ2v) is 7.48. The zero-order valence-corrected chi connectivity index (χ0v) is 17.0. The number of carbonyl (C=O) groups is 1. The Morgan fingerprint density at radius 3 is 2.55 bits per heavy atom. The van der Waals surface area contributed by atoms with E-state index in [1.807, 2.05) is 0 Å². The van der Waals surface area contributed by atoms with Crippen molar-refractivity contribution in [3.05, 3.63) is 87.6 Å². The number of pyridine rings is 1. The molecule has 11 heteroatoms. The maximum Gasteiger partial charge on any atom is 0.269 e. The molecule has 0 saturated heterocycles. The Bertz CT molecular complexity index is 1140. The van der Waals surface area contributed by atoms with Crippen LogP contribution in [0, 0.1) is 10.1 Å². The number of benzene rings is 2. The van der Waals surface area contributed by atoms with Crippen molar-refractivity contribution in [1.82, 2.24) is 4.98 Å². The molecule has 10 nitrogen and oxygen atoms in total. The maximum atomic E-state index is 11.8. The third-order valence-corrected chi connectivity index (χ3v) is 4.87. The van der Waals surface area contributed by atoms with Crippen molar-refractivity contribution in [2.24, 2.45) is 5.73 Å². The standard InChI is InChI=1S/C20H19N5O5S/c21-20(26)17-11-23-19(24-15-6-4-13(5-7-15)12-31(29)30)9-18(17)22-10-14-2-1-3-16(8-14)25(27)28/h1-9,11H,10,12H2,(H2,21,26)(H,29,30)(H2,22,23,24). The molecule has 1 amide bonds. The maximum absolute atomic E-state index is 11.8. The van der Waals surface area contributed by atoms with Crippen LogP contribution in [0.5, 0.6) is 0 Å². The van der Waals surface area contributed by atoms with Gasteiger partial charge in [-0.2, -0.15) is 0 Å². The van der Waals surface area contributed by atoms with Gasteiger partial charge in [0.05, 0.1) is 21.9 Å². The highest BCUT2D eigenvalue weighted by molar-refractivity contribution is 7.78. The Kier molecular flexibility index (Phi) is 6.90. The second kappa shape index (κ2) is 9.78. The van der Waals surface area contributed by atoms with Crippen molar-refractivity contribution in [2.75, 3.05) is 10.6 Å². The molecule has 2 aromatic carbocycles.